The van der Waals surface area contributed by atoms with Gasteiger partial charge >= 0.3 is 0 Å². The van der Waals surface area contributed by atoms with Gasteiger partial charge in [0.15, 0.2) is 5.78 Å². The molecule has 0 N–H and O–H groups in total. The van der Waals surface area contributed by atoms with Crippen molar-refractivity contribution < 1.29 is 4.79 Å². The Kier molecular flexibility index (Phi) is 5.91. The summed E-state index contributed by atoms with van der Waals surface area (Å²) in [6, 6.07) is 12.3. The lowest BCUT2D eigenvalue weighted by Gasteiger charge is -2.32. The zero-order valence-corrected chi connectivity index (χ0v) is 18.0. The Morgan fingerprint density at radius 2 is 1.90 bits per heavy atom. The van der Waals surface area contributed by atoms with E-state index >= 15 is 0 Å². The molecule has 3 heterocycles. The summed E-state index contributed by atoms with van der Waals surface area (Å²) in [6.45, 7) is 6.63. The first-order chi connectivity index (χ1) is 14.0. The highest BCUT2D eigenvalue weighted by atomic mass is 35.5. The standard InChI is InChI=1S/C24H28ClN3O/c1-3-21-24(28-15-12-19(25)16-23(28)26-21)22(29)9-6-18-4-7-20(8-5-18)27-13-10-17(2)11-14-27/h4-5,7-8,12,15-17H,3,6,9-11,13-14H2,1-2H3. The minimum absolute atomic E-state index is 0.130. The molecule has 4 nitrogen and oxygen atoms in total. The van der Waals surface area contributed by atoms with Crippen molar-refractivity contribution in [2.45, 2.75) is 46.0 Å². The molecule has 1 fully saturated rings. The van der Waals surface area contributed by atoms with Gasteiger partial charge in [-0.15, -0.1) is 0 Å². The summed E-state index contributed by atoms with van der Waals surface area (Å²) in [5.41, 5.74) is 4.75. The van der Waals surface area contributed by atoms with E-state index in [1.54, 1.807) is 12.1 Å². The molecule has 0 atom stereocenters. The van der Waals surface area contributed by atoms with Gasteiger partial charge in [-0.1, -0.05) is 37.6 Å². The second kappa shape index (κ2) is 8.58. The second-order valence-corrected chi connectivity index (χ2v) is 8.53. The predicted octanol–water partition coefficient (Wildman–Crippen LogP) is 5.60. The largest absolute Gasteiger partial charge is 0.372 e. The van der Waals surface area contributed by atoms with Gasteiger partial charge in [-0.05, 0) is 55.4 Å². The number of piperidine rings is 1. The monoisotopic (exact) mass is 409 g/mol. The number of rotatable bonds is 6. The van der Waals surface area contributed by atoms with E-state index in [0.29, 0.717) is 17.1 Å². The minimum Gasteiger partial charge on any atom is -0.372 e. The van der Waals surface area contributed by atoms with Crippen molar-refractivity contribution in [2.24, 2.45) is 5.92 Å². The zero-order chi connectivity index (χ0) is 20.4. The third-order valence-corrected chi connectivity index (χ3v) is 6.22. The number of aryl methyl sites for hydroxylation is 2. The molecule has 0 unspecified atom stereocenters. The fourth-order valence-corrected chi connectivity index (χ4v) is 4.28. The van der Waals surface area contributed by atoms with Gasteiger partial charge in [0.1, 0.15) is 11.3 Å². The minimum atomic E-state index is 0.130. The normalized spacial score (nSPS) is 15.2. The molecule has 1 saturated heterocycles. The molecule has 3 aromatic rings. The molecular formula is C24H28ClN3O. The Morgan fingerprint density at radius 1 is 1.17 bits per heavy atom. The molecule has 0 saturated carbocycles. The third kappa shape index (κ3) is 4.32. The van der Waals surface area contributed by atoms with E-state index in [1.165, 1.54) is 24.1 Å². The summed E-state index contributed by atoms with van der Waals surface area (Å²) in [5.74, 6) is 0.964. The first kappa shape index (κ1) is 20.0. The average Bonchev–Trinajstić information content (AvgIpc) is 3.10. The van der Waals surface area contributed by atoms with Crippen LogP contribution in [0.3, 0.4) is 0 Å². The Balaban J connectivity index is 1.44. The van der Waals surface area contributed by atoms with E-state index in [2.05, 4.69) is 41.1 Å². The fraction of sp³-hybridized carbons (Fsp3) is 0.417. The fourth-order valence-electron chi connectivity index (χ4n) is 4.13. The summed E-state index contributed by atoms with van der Waals surface area (Å²) in [7, 11) is 0. The molecule has 2 aromatic heterocycles. The first-order valence-corrected chi connectivity index (χ1v) is 11.0. The molecular weight excluding hydrogens is 382 g/mol. The smallest absolute Gasteiger partial charge is 0.181 e. The average molecular weight is 410 g/mol. The molecule has 4 rings (SSSR count). The Hall–Kier alpha value is -2.33. The highest BCUT2D eigenvalue weighted by molar-refractivity contribution is 6.30. The maximum Gasteiger partial charge on any atom is 0.181 e. The lowest BCUT2D eigenvalue weighted by atomic mass is 9.98. The predicted molar refractivity (Wildman–Crippen MR) is 119 cm³/mol. The summed E-state index contributed by atoms with van der Waals surface area (Å²) < 4.78 is 1.87. The molecule has 5 heteroatoms. The van der Waals surface area contributed by atoms with Gasteiger partial charge in [0.05, 0.1) is 5.69 Å². The van der Waals surface area contributed by atoms with Crippen molar-refractivity contribution in [3.05, 3.63) is 64.6 Å². The van der Waals surface area contributed by atoms with Crippen LogP contribution >= 0.6 is 11.6 Å². The Morgan fingerprint density at radius 3 is 2.59 bits per heavy atom. The number of hydrogen-bond acceptors (Lipinski definition) is 3. The van der Waals surface area contributed by atoms with Gasteiger partial charge in [0.2, 0.25) is 0 Å². The van der Waals surface area contributed by atoms with E-state index in [9.17, 15) is 4.79 Å². The van der Waals surface area contributed by atoms with Gasteiger partial charge in [-0.3, -0.25) is 9.20 Å². The number of fused-ring (bicyclic) bond motifs is 1. The maximum absolute atomic E-state index is 13.0. The highest BCUT2D eigenvalue weighted by Crippen LogP contribution is 2.24. The molecule has 0 bridgehead atoms. The van der Waals surface area contributed by atoms with Crippen LogP contribution < -0.4 is 4.90 Å². The van der Waals surface area contributed by atoms with Gasteiger partial charge < -0.3 is 4.90 Å². The van der Waals surface area contributed by atoms with Crippen LogP contribution in [0.15, 0.2) is 42.6 Å². The number of halogens is 1. The van der Waals surface area contributed by atoms with Crippen LogP contribution in [0.5, 0.6) is 0 Å². The van der Waals surface area contributed by atoms with E-state index in [4.69, 9.17) is 11.6 Å². The number of benzene rings is 1. The zero-order valence-electron chi connectivity index (χ0n) is 17.2. The first-order valence-electron chi connectivity index (χ1n) is 10.6. The van der Waals surface area contributed by atoms with Crippen molar-refractivity contribution in [2.75, 3.05) is 18.0 Å². The third-order valence-electron chi connectivity index (χ3n) is 5.99. The molecule has 29 heavy (non-hydrogen) atoms. The van der Waals surface area contributed by atoms with Crippen molar-refractivity contribution in [3.63, 3.8) is 0 Å². The topological polar surface area (TPSA) is 37.6 Å². The van der Waals surface area contributed by atoms with Gasteiger partial charge in [0.25, 0.3) is 0 Å². The number of pyridine rings is 1. The number of nitrogens with zero attached hydrogens (tertiary/aromatic N) is 3. The molecule has 1 aromatic carbocycles. The van der Waals surface area contributed by atoms with Crippen LogP contribution in [-0.2, 0) is 12.8 Å². The van der Waals surface area contributed by atoms with Crippen LogP contribution in [-0.4, -0.2) is 28.3 Å². The second-order valence-electron chi connectivity index (χ2n) is 8.09. The highest BCUT2D eigenvalue weighted by Gasteiger charge is 2.19. The van der Waals surface area contributed by atoms with Crippen molar-refractivity contribution in [1.82, 2.24) is 9.38 Å². The number of anilines is 1. The number of ketones is 1. The molecule has 0 spiro atoms. The molecule has 1 aliphatic rings. The lowest BCUT2D eigenvalue weighted by molar-refractivity contribution is 0.0976. The molecule has 1 aliphatic heterocycles. The SMILES string of the molecule is CCc1nc2cc(Cl)ccn2c1C(=O)CCc1ccc(N2CCC(C)CC2)cc1. The van der Waals surface area contributed by atoms with Crippen LogP contribution in [0, 0.1) is 5.92 Å². The maximum atomic E-state index is 13.0. The number of aromatic nitrogens is 2. The number of carbonyl (C=O) groups excluding carboxylic acids is 1. The van der Waals surface area contributed by atoms with E-state index in [0.717, 1.165) is 43.2 Å². The van der Waals surface area contributed by atoms with Crippen LogP contribution in [0.4, 0.5) is 5.69 Å². The summed E-state index contributed by atoms with van der Waals surface area (Å²) in [6.07, 6.45) is 6.31. The number of Topliss-reactive ketones (excluding diaryl/α,β-unsaturated/α-hetero) is 1. The molecule has 0 aliphatic carbocycles. The van der Waals surface area contributed by atoms with Crippen molar-refractivity contribution >= 4 is 28.7 Å². The van der Waals surface area contributed by atoms with E-state index < -0.39 is 0 Å². The Bertz CT molecular complexity index is 1000. The van der Waals surface area contributed by atoms with Gasteiger partial charge in [0, 0.05) is 42.5 Å². The molecule has 0 radical (unpaired) electrons. The summed E-state index contributed by atoms with van der Waals surface area (Å²) >= 11 is 6.08. The van der Waals surface area contributed by atoms with E-state index in [-0.39, 0.29) is 5.78 Å². The lowest BCUT2D eigenvalue weighted by Crippen LogP contribution is -2.32. The van der Waals surface area contributed by atoms with Crippen LogP contribution in [0.1, 0.15) is 54.9 Å². The van der Waals surface area contributed by atoms with Crippen molar-refractivity contribution in [3.8, 4) is 0 Å². The molecule has 152 valence electrons. The summed E-state index contributed by atoms with van der Waals surface area (Å²) in [4.78, 5) is 20.1. The Labute approximate surface area is 177 Å². The van der Waals surface area contributed by atoms with E-state index in [1.807, 2.05) is 17.5 Å². The van der Waals surface area contributed by atoms with Gasteiger partial charge in [-0.2, -0.15) is 0 Å². The van der Waals surface area contributed by atoms with Crippen LogP contribution in [0.2, 0.25) is 5.02 Å². The van der Waals surface area contributed by atoms with Crippen LogP contribution in [0.25, 0.3) is 5.65 Å². The number of imidazole rings is 1. The summed E-state index contributed by atoms with van der Waals surface area (Å²) in [5, 5.41) is 0.632. The molecule has 0 amide bonds. The van der Waals surface area contributed by atoms with Gasteiger partial charge in [-0.25, -0.2) is 4.98 Å². The number of hydrogen-bond donors (Lipinski definition) is 0. The number of carbonyl (C=O) groups is 1. The quantitative estimate of drug-likeness (QED) is 0.497. The van der Waals surface area contributed by atoms with Crippen molar-refractivity contribution in [1.29, 1.82) is 0 Å².